The van der Waals surface area contributed by atoms with E-state index in [2.05, 4.69) is 55.2 Å². The number of hydrogen-bond acceptors (Lipinski definition) is 3. The van der Waals surface area contributed by atoms with Crippen molar-refractivity contribution >= 4 is 11.8 Å². The fraction of sp³-hybridized carbons (Fsp3) is 0.625. The summed E-state index contributed by atoms with van der Waals surface area (Å²) in [5, 5.41) is 3.81. The van der Waals surface area contributed by atoms with E-state index in [0.29, 0.717) is 16.7 Å². The molecule has 3 heteroatoms. The zero-order valence-electron chi connectivity index (χ0n) is 11.8. The minimum absolute atomic E-state index is 0.424. The van der Waals surface area contributed by atoms with Crippen LogP contribution in [0.5, 0.6) is 5.75 Å². The third-order valence-electron chi connectivity index (χ3n) is 4.32. The molecule has 3 unspecified atom stereocenters. The van der Waals surface area contributed by atoms with Crippen LogP contribution in [0, 0.1) is 5.92 Å². The molecule has 0 aromatic heterocycles. The molecular weight excluding hydrogens is 254 g/mol. The number of benzene rings is 1. The lowest BCUT2D eigenvalue weighted by atomic mass is 9.91. The molecule has 19 heavy (non-hydrogen) atoms. The van der Waals surface area contributed by atoms with Gasteiger partial charge in [-0.2, -0.15) is 11.8 Å². The third-order valence-corrected chi connectivity index (χ3v) is 5.86. The van der Waals surface area contributed by atoms with Gasteiger partial charge in [0.05, 0.1) is 6.61 Å². The first-order valence-electron chi connectivity index (χ1n) is 7.27. The largest absolute Gasteiger partial charge is 0.493 e. The second kappa shape index (κ2) is 5.37. The summed E-state index contributed by atoms with van der Waals surface area (Å²) in [6.07, 6.45) is 2.70. The van der Waals surface area contributed by atoms with Crippen molar-refractivity contribution < 1.29 is 4.74 Å². The Hall–Kier alpha value is -0.670. The zero-order chi connectivity index (χ0) is 13.3. The molecular formula is C16H23NOS. The summed E-state index contributed by atoms with van der Waals surface area (Å²) in [7, 11) is 0. The van der Waals surface area contributed by atoms with E-state index in [0.717, 1.165) is 18.9 Å². The fourth-order valence-electron chi connectivity index (χ4n) is 3.11. The number of ether oxygens (including phenoxy) is 1. The summed E-state index contributed by atoms with van der Waals surface area (Å²) < 4.78 is 6.24. The molecule has 1 saturated heterocycles. The molecule has 3 atom stereocenters. The SMILES string of the molecule is CC1COc2ccccc2C1NCC1(C)CCCS1. The van der Waals surface area contributed by atoms with Gasteiger partial charge in [0.2, 0.25) is 0 Å². The van der Waals surface area contributed by atoms with Gasteiger partial charge >= 0.3 is 0 Å². The first kappa shape index (κ1) is 13.3. The Morgan fingerprint density at radius 1 is 1.42 bits per heavy atom. The van der Waals surface area contributed by atoms with E-state index in [1.54, 1.807) is 0 Å². The summed E-state index contributed by atoms with van der Waals surface area (Å²) >= 11 is 2.12. The van der Waals surface area contributed by atoms with Gasteiger partial charge in [-0.1, -0.05) is 25.1 Å². The van der Waals surface area contributed by atoms with E-state index in [1.165, 1.54) is 24.2 Å². The predicted molar refractivity (Wildman–Crippen MR) is 81.9 cm³/mol. The van der Waals surface area contributed by atoms with Gasteiger partial charge in [0.25, 0.3) is 0 Å². The third kappa shape index (κ3) is 2.77. The van der Waals surface area contributed by atoms with Crippen LogP contribution in [0.3, 0.4) is 0 Å². The van der Waals surface area contributed by atoms with E-state index in [-0.39, 0.29) is 0 Å². The lowest BCUT2D eigenvalue weighted by Gasteiger charge is -2.35. The number of hydrogen-bond donors (Lipinski definition) is 1. The van der Waals surface area contributed by atoms with Crippen LogP contribution in [0.1, 0.15) is 38.3 Å². The number of thioether (sulfide) groups is 1. The molecule has 1 aromatic carbocycles. The highest BCUT2D eigenvalue weighted by atomic mass is 32.2. The Morgan fingerprint density at radius 3 is 3.05 bits per heavy atom. The van der Waals surface area contributed by atoms with Crippen molar-refractivity contribution in [2.75, 3.05) is 18.9 Å². The first-order valence-corrected chi connectivity index (χ1v) is 8.26. The van der Waals surface area contributed by atoms with Gasteiger partial charge in [-0.05, 0) is 31.6 Å². The maximum Gasteiger partial charge on any atom is 0.124 e. The summed E-state index contributed by atoms with van der Waals surface area (Å²) in [5.41, 5.74) is 1.33. The maximum atomic E-state index is 5.82. The van der Waals surface area contributed by atoms with E-state index >= 15 is 0 Å². The Labute approximate surface area is 120 Å². The van der Waals surface area contributed by atoms with Crippen molar-refractivity contribution in [3.63, 3.8) is 0 Å². The Kier molecular flexibility index (Phi) is 3.77. The molecule has 0 amide bonds. The lowest BCUT2D eigenvalue weighted by Crippen LogP contribution is -2.40. The van der Waals surface area contributed by atoms with Crippen molar-refractivity contribution in [1.82, 2.24) is 5.32 Å². The fourth-order valence-corrected chi connectivity index (χ4v) is 4.36. The van der Waals surface area contributed by atoms with E-state index < -0.39 is 0 Å². The van der Waals surface area contributed by atoms with Gasteiger partial charge in [-0.25, -0.2) is 0 Å². The second-order valence-electron chi connectivity index (χ2n) is 6.09. The number of nitrogens with one attached hydrogen (secondary N) is 1. The van der Waals surface area contributed by atoms with Crippen LogP contribution < -0.4 is 10.1 Å². The number of para-hydroxylation sites is 1. The average molecular weight is 277 g/mol. The van der Waals surface area contributed by atoms with Crippen LogP contribution in [0.2, 0.25) is 0 Å². The van der Waals surface area contributed by atoms with Crippen molar-refractivity contribution in [3.05, 3.63) is 29.8 Å². The Bertz CT molecular complexity index is 442. The molecule has 2 heterocycles. The summed E-state index contributed by atoms with van der Waals surface area (Å²) in [6, 6.07) is 8.89. The highest BCUT2D eigenvalue weighted by Crippen LogP contribution is 2.39. The van der Waals surface area contributed by atoms with Crippen molar-refractivity contribution in [2.45, 2.75) is 37.5 Å². The van der Waals surface area contributed by atoms with E-state index in [4.69, 9.17) is 4.74 Å². The van der Waals surface area contributed by atoms with Gasteiger partial charge in [-0.3, -0.25) is 0 Å². The molecule has 0 spiro atoms. The quantitative estimate of drug-likeness (QED) is 0.911. The molecule has 2 nitrogen and oxygen atoms in total. The molecule has 0 aliphatic carbocycles. The highest BCUT2D eigenvalue weighted by molar-refractivity contribution is 8.00. The standard InChI is InChI=1S/C16H23NOS/c1-12-10-18-14-7-4-3-6-13(14)15(12)17-11-16(2)8-5-9-19-16/h3-4,6-7,12,15,17H,5,8-11H2,1-2H3. The smallest absolute Gasteiger partial charge is 0.124 e. The van der Waals surface area contributed by atoms with Gasteiger partial charge in [0, 0.05) is 28.8 Å². The van der Waals surface area contributed by atoms with Gasteiger partial charge in [0.15, 0.2) is 0 Å². The molecule has 2 aliphatic rings. The van der Waals surface area contributed by atoms with Crippen LogP contribution in [-0.2, 0) is 0 Å². The molecule has 2 aliphatic heterocycles. The number of rotatable bonds is 3. The van der Waals surface area contributed by atoms with Crippen molar-refractivity contribution in [1.29, 1.82) is 0 Å². The van der Waals surface area contributed by atoms with Crippen LogP contribution >= 0.6 is 11.8 Å². The topological polar surface area (TPSA) is 21.3 Å². The van der Waals surface area contributed by atoms with Crippen LogP contribution in [0.25, 0.3) is 0 Å². The Morgan fingerprint density at radius 2 is 2.26 bits per heavy atom. The minimum Gasteiger partial charge on any atom is -0.493 e. The minimum atomic E-state index is 0.424. The molecule has 0 radical (unpaired) electrons. The van der Waals surface area contributed by atoms with Crippen LogP contribution in [0.4, 0.5) is 0 Å². The summed E-state index contributed by atoms with van der Waals surface area (Å²) in [4.78, 5) is 0. The predicted octanol–water partition coefficient (Wildman–Crippen LogP) is 3.63. The molecule has 0 saturated carbocycles. The normalized spacial score (nSPS) is 33.8. The second-order valence-corrected chi connectivity index (χ2v) is 7.77. The van der Waals surface area contributed by atoms with Crippen molar-refractivity contribution in [3.8, 4) is 5.75 Å². The molecule has 104 valence electrons. The van der Waals surface area contributed by atoms with Gasteiger partial charge in [0.1, 0.15) is 5.75 Å². The molecule has 1 aromatic rings. The van der Waals surface area contributed by atoms with Crippen molar-refractivity contribution in [2.24, 2.45) is 5.92 Å². The van der Waals surface area contributed by atoms with Crippen LogP contribution in [0.15, 0.2) is 24.3 Å². The monoisotopic (exact) mass is 277 g/mol. The molecule has 0 bridgehead atoms. The van der Waals surface area contributed by atoms with E-state index in [9.17, 15) is 0 Å². The zero-order valence-corrected chi connectivity index (χ0v) is 12.6. The molecule has 1 fully saturated rings. The molecule has 3 rings (SSSR count). The first-order chi connectivity index (χ1) is 9.18. The van der Waals surface area contributed by atoms with Gasteiger partial charge in [-0.15, -0.1) is 0 Å². The molecule has 1 N–H and O–H groups in total. The summed E-state index contributed by atoms with van der Waals surface area (Å²) in [5.74, 6) is 2.91. The summed E-state index contributed by atoms with van der Waals surface area (Å²) in [6.45, 7) is 6.59. The van der Waals surface area contributed by atoms with Crippen LogP contribution in [-0.4, -0.2) is 23.7 Å². The average Bonchev–Trinajstić information content (AvgIpc) is 2.85. The maximum absolute atomic E-state index is 5.82. The van der Waals surface area contributed by atoms with E-state index in [1.807, 2.05) is 0 Å². The van der Waals surface area contributed by atoms with Gasteiger partial charge < -0.3 is 10.1 Å². The lowest BCUT2D eigenvalue weighted by molar-refractivity contribution is 0.186. The number of fused-ring (bicyclic) bond motifs is 1. The highest BCUT2D eigenvalue weighted by Gasteiger charge is 2.33. The Balaban J connectivity index is 1.73.